The molecule has 150 valence electrons. The van der Waals surface area contributed by atoms with Crippen molar-refractivity contribution in [2.75, 3.05) is 26.2 Å². The number of aromatic amines is 1. The van der Waals surface area contributed by atoms with Crippen LogP contribution in [0.4, 0.5) is 0 Å². The number of H-pyrrole nitrogens is 1. The number of likely N-dealkylation sites (tertiary alicyclic amines) is 2. The molecule has 2 saturated heterocycles. The minimum Gasteiger partial charge on any atom is -0.361 e. The number of aromatic nitrogens is 4. The standard InChI is InChI=1S/C20H28N6O2/c1-12-17(13(2)28-24-12)10-25-7-6-20(19-21-14(3)22-23-19)11-26(9-16(20)8-25)18(27)15-4-5-15/h15-16H,4-11H2,1-3H3,(H,21,22,23)/t16-,20-/m1/s1. The summed E-state index contributed by atoms with van der Waals surface area (Å²) in [6.07, 6.45) is 3.06. The van der Waals surface area contributed by atoms with Crippen LogP contribution in [0.2, 0.25) is 0 Å². The zero-order chi connectivity index (χ0) is 19.5. The van der Waals surface area contributed by atoms with Crippen LogP contribution in [0.3, 0.4) is 0 Å². The number of carbonyl (C=O) groups excluding carboxylic acids is 1. The summed E-state index contributed by atoms with van der Waals surface area (Å²) in [5.74, 6) is 3.56. The van der Waals surface area contributed by atoms with E-state index >= 15 is 0 Å². The minimum absolute atomic E-state index is 0.134. The third kappa shape index (κ3) is 2.85. The average molecular weight is 384 g/mol. The Kier molecular flexibility index (Phi) is 4.08. The molecule has 28 heavy (non-hydrogen) atoms. The molecule has 1 amide bonds. The Morgan fingerprint density at radius 3 is 2.75 bits per heavy atom. The monoisotopic (exact) mass is 384 g/mol. The number of amides is 1. The smallest absolute Gasteiger partial charge is 0.225 e. The van der Waals surface area contributed by atoms with E-state index in [9.17, 15) is 4.79 Å². The molecule has 0 radical (unpaired) electrons. The number of aryl methyl sites for hydroxylation is 3. The van der Waals surface area contributed by atoms with Gasteiger partial charge in [-0.05, 0) is 46.6 Å². The summed E-state index contributed by atoms with van der Waals surface area (Å²) >= 11 is 0. The topological polar surface area (TPSA) is 91.2 Å². The summed E-state index contributed by atoms with van der Waals surface area (Å²) in [7, 11) is 0. The maximum Gasteiger partial charge on any atom is 0.225 e. The maximum absolute atomic E-state index is 12.8. The number of rotatable bonds is 4. The fraction of sp³-hybridized carbons (Fsp3) is 0.700. The van der Waals surface area contributed by atoms with E-state index < -0.39 is 0 Å². The lowest BCUT2D eigenvalue weighted by Crippen LogP contribution is -2.50. The molecule has 0 bridgehead atoms. The molecule has 4 heterocycles. The second-order valence-corrected chi connectivity index (χ2v) is 8.88. The van der Waals surface area contributed by atoms with E-state index in [1.807, 2.05) is 20.8 Å². The van der Waals surface area contributed by atoms with Crippen molar-refractivity contribution in [1.82, 2.24) is 30.1 Å². The summed E-state index contributed by atoms with van der Waals surface area (Å²) in [6, 6.07) is 0. The molecular formula is C20H28N6O2. The van der Waals surface area contributed by atoms with Gasteiger partial charge in [-0.15, -0.1) is 0 Å². The number of nitrogens with zero attached hydrogens (tertiary/aromatic N) is 5. The molecule has 2 aromatic heterocycles. The lowest BCUT2D eigenvalue weighted by Gasteiger charge is -2.41. The van der Waals surface area contributed by atoms with Crippen LogP contribution < -0.4 is 0 Å². The summed E-state index contributed by atoms with van der Waals surface area (Å²) in [4.78, 5) is 22.1. The normalized spacial score (nSPS) is 28.0. The molecule has 2 atom stereocenters. The van der Waals surface area contributed by atoms with Crippen LogP contribution in [0.5, 0.6) is 0 Å². The molecule has 2 aromatic rings. The van der Waals surface area contributed by atoms with Crippen LogP contribution in [-0.2, 0) is 16.8 Å². The lowest BCUT2D eigenvalue weighted by molar-refractivity contribution is -0.131. The van der Waals surface area contributed by atoms with Crippen molar-refractivity contribution in [3.8, 4) is 0 Å². The Hall–Kier alpha value is -2.22. The number of fused-ring (bicyclic) bond motifs is 1. The van der Waals surface area contributed by atoms with Crippen LogP contribution in [0.1, 0.15) is 47.9 Å². The summed E-state index contributed by atoms with van der Waals surface area (Å²) in [5.41, 5.74) is 2.02. The first-order chi connectivity index (χ1) is 13.5. The highest BCUT2D eigenvalue weighted by atomic mass is 16.5. The zero-order valence-corrected chi connectivity index (χ0v) is 16.9. The highest BCUT2D eigenvalue weighted by Gasteiger charge is 2.55. The largest absolute Gasteiger partial charge is 0.361 e. The second-order valence-electron chi connectivity index (χ2n) is 8.88. The molecule has 8 heteroatoms. The van der Waals surface area contributed by atoms with E-state index in [2.05, 4.69) is 25.2 Å². The molecule has 8 nitrogen and oxygen atoms in total. The Morgan fingerprint density at radius 2 is 2.11 bits per heavy atom. The van der Waals surface area contributed by atoms with Gasteiger partial charge in [0.25, 0.3) is 0 Å². The molecule has 0 spiro atoms. The van der Waals surface area contributed by atoms with Gasteiger partial charge >= 0.3 is 0 Å². The molecule has 0 unspecified atom stereocenters. The molecule has 1 aliphatic carbocycles. The van der Waals surface area contributed by atoms with E-state index in [1.165, 1.54) is 5.56 Å². The van der Waals surface area contributed by atoms with Crippen molar-refractivity contribution >= 4 is 5.91 Å². The van der Waals surface area contributed by atoms with Crippen molar-refractivity contribution in [1.29, 1.82) is 0 Å². The quantitative estimate of drug-likeness (QED) is 0.863. The van der Waals surface area contributed by atoms with Gasteiger partial charge in [-0.1, -0.05) is 5.16 Å². The average Bonchev–Trinajstić information content (AvgIpc) is 3.21. The number of piperidine rings is 1. The Morgan fingerprint density at radius 1 is 1.29 bits per heavy atom. The molecular weight excluding hydrogens is 356 g/mol. The van der Waals surface area contributed by atoms with Crippen LogP contribution in [0.25, 0.3) is 0 Å². The number of hydrogen-bond donors (Lipinski definition) is 1. The van der Waals surface area contributed by atoms with E-state index in [1.54, 1.807) is 0 Å². The van der Waals surface area contributed by atoms with E-state index in [0.29, 0.717) is 11.8 Å². The van der Waals surface area contributed by atoms with Gasteiger partial charge in [0.1, 0.15) is 11.6 Å². The summed E-state index contributed by atoms with van der Waals surface area (Å²) in [6.45, 7) is 10.2. The molecule has 1 N–H and O–H groups in total. The van der Waals surface area contributed by atoms with E-state index in [0.717, 1.165) is 75.1 Å². The maximum atomic E-state index is 12.8. The lowest BCUT2D eigenvalue weighted by atomic mass is 9.72. The van der Waals surface area contributed by atoms with Crippen LogP contribution >= 0.6 is 0 Å². The first kappa shape index (κ1) is 17.8. The predicted octanol–water partition coefficient (Wildman–Crippen LogP) is 1.73. The highest BCUT2D eigenvalue weighted by molar-refractivity contribution is 5.81. The Balaban J connectivity index is 1.40. The van der Waals surface area contributed by atoms with Gasteiger partial charge < -0.3 is 9.42 Å². The molecule has 5 rings (SSSR count). The number of nitrogens with one attached hydrogen (secondary N) is 1. The second kappa shape index (κ2) is 6.40. The van der Waals surface area contributed by atoms with Crippen molar-refractivity contribution in [2.24, 2.45) is 11.8 Å². The number of carbonyl (C=O) groups is 1. The SMILES string of the molecule is Cc1nc([C@@]23CCN(Cc4c(C)noc4C)C[C@@H]2CN(C(=O)C2CC2)C3)n[nH]1. The third-order valence-electron chi connectivity index (χ3n) is 6.89. The molecule has 1 saturated carbocycles. The van der Waals surface area contributed by atoms with E-state index in [4.69, 9.17) is 9.51 Å². The fourth-order valence-electron chi connectivity index (χ4n) is 5.03. The zero-order valence-electron chi connectivity index (χ0n) is 16.9. The van der Waals surface area contributed by atoms with Crippen LogP contribution in [0, 0.1) is 32.6 Å². The van der Waals surface area contributed by atoms with Crippen LogP contribution in [-0.4, -0.2) is 62.2 Å². The van der Waals surface area contributed by atoms with Gasteiger partial charge in [-0.25, -0.2) is 4.98 Å². The van der Waals surface area contributed by atoms with Crippen molar-refractivity contribution < 1.29 is 9.32 Å². The molecule has 3 fully saturated rings. The van der Waals surface area contributed by atoms with Gasteiger partial charge in [0.2, 0.25) is 5.91 Å². The minimum atomic E-state index is -0.134. The van der Waals surface area contributed by atoms with Gasteiger partial charge in [-0.2, -0.15) is 5.10 Å². The van der Waals surface area contributed by atoms with Crippen LogP contribution in [0.15, 0.2) is 4.52 Å². The number of hydrogen-bond acceptors (Lipinski definition) is 6. The predicted molar refractivity (Wildman–Crippen MR) is 101 cm³/mol. The van der Waals surface area contributed by atoms with Crippen molar-refractivity contribution in [3.05, 3.63) is 28.7 Å². The summed E-state index contributed by atoms with van der Waals surface area (Å²) < 4.78 is 5.34. The van der Waals surface area contributed by atoms with Crippen molar-refractivity contribution in [2.45, 2.75) is 52.0 Å². The fourth-order valence-corrected chi connectivity index (χ4v) is 5.03. The first-order valence-corrected chi connectivity index (χ1v) is 10.3. The third-order valence-corrected chi connectivity index (χ3v) is 6.89. The molecule has 2 aliphatic heterocycles. The summed E-state index contributed by atoms with van der Waals surface area (Å²) in [5, 5.41) is 11.6. The Bertz CT molecular complexity index is 881. The first-order valence-electron chi connectivity index (χ1n) is 10.3. The van der Waals surface area contributed by atoms with Crippen molar-refractivity contribution in [3.63, 3.8) is 0 Å². The van der Waals surface area contributed by atoms with Gasteiger partial charge in [0, 0.05) is 43.6 Å². The highest BCUT2D eigenvalue weighted by Crippen LogP contribution is 2.46. The van der Waals surface area contributed by atoms with E-state index in [-0.39, 0.29) is 11.3 Å². The van der Waals surface area contributed by atoms with Gasteiger partial charge in [0.05, 0.1) is 11.1 Å². The van der Waals surface area contributed by atoms with Gasteiger partial charge in [0.15, 0.2) is 5.82 Å². The van der Waals surface area contributed by atoms with Gasteiger partial charge in [-0.3, -0.25) is 14.8 Å². The Labute approximate surface area is 164 Å². The molecule has 3 aliphatic rings. The molecule has 0 aromatic carbocycles.